The van der Waals surface area contributed by atoms with Crippen molar-refractivity contribution in [2.24, 2.45) is 0 Å². The van der Waals surface area contributed by atoms with Crippen molar-refractivity contribution in [3.05, 3.63) is 181 Å². The molecule has 0 spiro atoms. The Morgan fingerprint density at radius 2 is 0.735 bits per heavy atom. The first-order valence-corrected chi connectivity index (χ1v) is 17.3. The topological polar surface area (TPSA) is 0 Å². The van der Waals surface area contributed by atoms with E-state index in [1.165, 1.54) is 98.7 Å². The van der Waals surface area contributed by atoms with Crippen molar-refractivity contribution < 1.29 is 0 Å². The first-order valence-electron chi connectivity index (χ1n) is 17.3. The highest BCUT2D eigenvalue weighted by Crippen LogP contribution is 2.56. The fourth-order valence-electron chi connectivity index (χ4n) is 8.98. The molecule has 0 nitrogen and oxygen atoms in total. The number of rotatable bonds is 3. The molecule has 0 aliphatic heterocycles. The Hall–Kier alpha value is -5.98. The minimum Gasteiger partial charge on any atom is -0.0616 e. The third kappa shape index (κ3) is 4.04. The zero-order chi connectivity index (χ0) is 32.7. The largest absolute Gasteiger partial charge is 0.0616 e. The Balaban J connectivity index is 1.21. The van der Waals surface area contributed by atoms with Gasteiger partial charge in [0.05, 0.1) is 0 Å². The zero-order valence-electron chi connectivity index (χ0n) is 27.7. The van der Waals surface area contributed by atoms with E-state index in [1.807, 2.05) is 0 Å². The lowest BCUT2D eigenvalue weighted by Crippen LogP contribution is -2.17. The molecule has 1 aliphatic carbocycles. The molecule has 0 N–H and O–H groups in total. The molecule has 49 heavy (non-hydrogen) atoms. The Morgan fingerprint density at radius 3 is 1.41 bits per heavy atom. The van der Waals surface area contributed by atoms with Gasteiger partial charge in [0.2, 0.25) is 0 Å². The molecule has 0 atom stereocenters. The lowest BCUT2D eigenvalue weighted by atomic mass is 9.76. The van der Waals surface area contributed by atoms with Gasteiger partial charge in [-0.2, -0.15) is 0 Å². The van der Waals surface area contributed by atoms with Crippen LogP contribution in [0.25, 0.3) is 87.6 Å². The minimum atomic E-state index is -0.166. The highest BCUT2D eigenvalue weighted by atomic mass is 14.4. The summed E-state index contributed by atoms with van der Waals surface area (Å²) in [6.45, 7) is 4.84. The molecule has 0 saturated carbocycles. The van der Waals surface area contributed by atoms with Gasteiger partial charge < -0.3 is 0 Å². The number of fused-ring (bicyclic) bond motifs is 8. The minimum absolute atomic E-state index is 0.166. The molecule has 0 bridgehead atoms. The maximum atomic E-state index is 2.42. The van der Waals surface area contributed by atoms with E-state index in [2.05, 4.69) is 184 Å². The second kappa shape index (κ2) is 10.5. The first kappa shape index (κ1) is 28.1. The predicted octanol–water partition coefficient (Wildman–Crippen LogP) is 13.6. The molecule has 0 aromatic heterocycles. The molecular formula is C49H34. The van der Waals surface area contributed by atoms with Crippen LogP contribution >= 0.6 is 0 Å². The SMILES string of the molecule is CC1(C)c2c(cccc2-c2c3ccccc3c(-c3ccc(-c4cccc5ccccc45)cc3)c3ccccc23)-c2ccc3ccccc3c21. The molecule has 0 heterocycles. The van der Waals surface area contributed by atoms with E-state index in [4.69, 9.17) is 0 Å². The van der Waals surface area contributed by atoms with Crippen LogP contribution in [0.2, 0.25) is 0 Å². The highest BCUT2D eigenvalue weighted by Gasteiger charge is 2.39. The van der Waals surface area contributed by atoms with E-state index in [0.29, 0.717) is 0 Å². The van der Waals surface area contributed by atoms with Crippen molar-refractivity contribution in [2.75, 3.05) is 0 Å². The normalized spacial score (nSPS) is 13.3. The summed E-state index contributed by atoms with van der Waals surface area (Å²) in [6.07, 6.45) is 0. The molecular weight excluding hydrogens is 589 g/mol. The maximum absolute atomic E-state index is 2.42. The zero-order valence-corrected chi connectivity index (χ0v) is 27.7. The molecule has 0 radical (unpaired) electrons. The second-order valence-corrected chi connectivity index (χ2v) is 14.0. The van der Waals surface area contributed by atoms with Crippen LogP contribution < -0.4 is 0 Å². The summed E-state index contributed by atoms with van der Waals surface area (Å²) in [4.78, 5) is 0. The van der Waals surface area contributed by atoms with Gasteiger partial charge in [0.15, 0.2) is 0 Å². The monoisotopic (exact) mass is 622 g/mol. The van der Waals surface area contributed by atoms with Crippen molar-refractivity contribution in [1.82, 2.24) is 0 Å². The summed E-state index contributed by atoms with van der Waals surface area (Å²) in [5.74, 6) is 0. The predicted molar refractivity (Wildman–Crippen MR) is 210 cm³/mol. The van der Waals surface area contributed by atoms with Crippen LogP contribution in [0, 0.1) is 0 Å². The van der Waals surface area contributed by atoms with Crippen LogP contribution in [0.4, 0.5) is 0 Å². The van der Waals surface area contributed by atoms with Gasteiger partial charge in [-0.15, -0.1) is 0 Å². The Kier molecular flexibility index (Phi) is 6.02. The third-order valence-electron chi connectivity index (χ3n) is 11.0. The van der Waals surface area contributed by atoms with Crippen molar-refractivity contribution in [2.45, 2.75) is 19.3 Å². The molecule has 0 unspecified atom stereocenters. The summed E-state index contributed by atoms with van der Waals surface area (Å²) in [5, 5.41) is 10.4. The average Bonchev–Trinajstić information content (AvgIpc) is 3.40. The van der Waals surface area contributed by atoms with Crippen LogP contribution in [-0.2, 0) is 5.41 Å². The summed E-state index contributed by atoms with van der Waals surface area (Å²) >= 11 is 0. The van der Waals surface area contributed by atoms with Crippen molar-refractivity contribution in [3.63, 3.8) is 0 Å². The van der Waals surface area contributed by atoms with Crippen LogP contribution in [-0.4, -0.2) is 0 Å². The molecule has 1 aliphatic rings. The van der Waals surface area contributed by atoms with Crippen LogP contribution in [0.5, 0.6) is 0 Å². The van der Waals surface area contributed by atoms with Gasteiger partial charge in [-0.25, -0.2) is 0 Å². The van der Waals surface area contributed by atoms with Crippen LogP contribution in [0.15, 0.2) is 170 Å². The Bertz CT molecular complexity index is 2720. The Labute approximate surface area is 286 Å². The average molecular weight is 623 g/mol. The van der Waals surface area contributed by atoms with Crippen molar-refractivity contribution in [1.29, 1.82) is 0 Å². The summed E-state index contributed by atoms with van der Waals surface area (Å²) in [6, 6.07) is 63.0. The molecule has 0 fully saturated rings. The fourth-order valence-corrected chi connectivity index (χ4v) is 8.98. The number of hydrogen-bond acceptors (Lipinski definition) is 0. The smallest absolute Gasteiger partial charge is 0.0171 e. The van der Waals surface area contributed by atoms with Crippen molar-refractivity contribution >= 4 is 43.1 Å². The molecule has 230 valence electrons. The fraction of sp³-hybridized carbons (Fsp3) is 0.0612. The van der Waals surface area contributed by atoms with Gasteiger partial charge in [0.25, 0.3) is 0 Å². The lowest BCUT2D eigenvalue weighted by molar-refractivity contribution is 0.668. The van der Waals surface area contributed by atoms with Crippen molar-refractivity contribution in [3.8, 4) is 44.5 Å². The standard InChI is InChI=1S/C49H34/c1-49(2)47-37-17-6-4-14-32(37)29-30-43(47)42-23-12-24-44(48(42)49)46-40-20-9-7-18-38(40)45(39-19-8-10-21-41(39)46)34-27-25-33(26-28-34)36-22-11-15-31-13-3-5-16-35(31)36/h3-30H,1-2H3. The van der Waals surface area contributed by atoms with Crippen LogP contribution in [0.3, 0.4) is 0 Å². The van der Waals surface area contributed by atoms with Gasteiger partial charge in [-0.1, -0.05) is 184 Å². The quantitative estimate of drug-likeness (QED) is 0.172. The molecule has 0 saturated heterocycles. The molecule has 10 rings (SSSR count). The van der Waals surface area contributed by atoms with Gasteiger partial charge >= 0.3 is 0 Å². The summed E-state index contributed by atoms with van der Waals surface area (Å²) in [5.41, 5.74) is 13.1. The van der Waals surface area contributed by atoms with Gasteiger partial charge in [0.1, 0.15) is 0 Å². The van der Waals surface area contributed by atoms with E-state index < -0.39 is 0 Å². The number of hydrogen-bond donors (Lipinski definition) is 0. The highest BCUT2D eigenvalue weighted by molar-refractivity contribution is 6.22. The van der Waals surface area contributed by atoms with E-state index in [-0.39, 0.29) is 5.41 Å². The lowest BCUT2D eigenvalue weighted by Gasteiger charge is -2.27. The van der Waals surface area contributed by atoms with Crippen LogP contribution in [0.1, 0.15) is 25.0 Å². The molecule has 0 amide bonds. The summed E-state index contributed by atoms with van der Waals surface area (Å²) in [7, 11) is 0. The molecule has 9 aromatic rings. The van der Waals surface area contributed by atoms with Gasteiger partial charge in [-0.05, 0) is 98.7 Å². The van der Waals surface area contributed by atoms with Gasteiger partial charge in [0, 0.05) is 5.41 Å². The first-order chi connectivity index (χ1) is 24.1. The third-order valence-corrected chi connectivity index (χ3v) is 11.0. The number of benzene rings is 9. The van der Waals surface area contributed by atoms with E-state index >= 15 is 0 Å². The van der Waals surface area contributed by atoms with Gasteiger partial charge in [-0.3, -0.25) is 0 Å². The Morgan fingerprint density at radius 1 is 0.286 bits per heavy atom. The molecule has 9 aromatic carbocycles. The second-order valence-electron chi connectivity index (χ2n) is 14.0. The summed E-state index contributed by atoms with van der Waals surface area (Å²) < 4.78 is 0. The van der Waals surface area contributed by atoms with E-state index in [1.54, 1.807) is 0 Å². The van der Waals surface area contributed by atoms with E-state index in [0.717, 1.165) is 0 Å². The maximum Gasteiger partial charge on any atom is 0.0171 e. The van der Waals surface area contributed by atoms with E-state index in [9.17, 15) is 0 Å². The molecule has 0 heteroatoms.